The van der Waals surface area contributed by atoms with Crippen LogP contribution in [0.4, 0.5) is 5.69 Å². The number of phenolic OH excluding ortho intramolecular Hbond substituents is 1. The molecule has 0 bridgehead atoms. The van der Waals surface area contributed by atoms with Crippen LogP contribution in [0.25, 0.3) is 6.08 Å². The van der Waals surface area contributed by atoms with Gasteiger partial charge in [0.1, 0.15) is 10.1 Å². The first-order valence-electron chi connectivity index (χ1n) is 8.13. The number of rotatable bonds is 5. The molecule has 2 N–H and O–H groups in total. The molecule has 0 saturated carbocycles. The van der Waals surface area contributed by atoms with Crippen molar-refractivity contribution in [3.05, 3.63) is 63.0 Å². The Labute approximate surface area is 181 Å². The standard InChI is InChI=1S/C19H14Cl2N2O3S2/c20-14-3-1-2-11(17(14)21)10-15-18(26)23(19(27)28-15)9-8-16(25)22-12-4-6-13(24)7-5-12/h1-7,10,24H,8-9H2,(H,22,25)/b15-10-. The maximum Gasteiger partial charge on any atom is 0.266 e. The molecule has 9 heteroatoms. The highest BCUT2D eigenvalue weighted by Crippen LogP contribution is 2.35. The van der Waals surface area contributed by atoms with Crippen LogP contribution in [0.5, 0.6) is 5.75 Å². The number of amides is 2. The lowest BCUT2D eigenvalue weighted by Crippen LogP contribution is -2.31. The van der Waals surface area contributed by atoms with Gasteiger partial charge in [0.15, 0.2) is 0 Å². The summed E-state index contributed by atoms with van der Waals surface area (Å²) in [5.74, 6) is -0.424. The van der Waals surface area contributed by atoms with Gasteiger partial charge in [0.05, 0.1) is 15.0 Å². The van der Waals surface area contributed by atoms with Crippen LogP contribution in [0, 0.1) is 0 Å². The van der Waals surface area contributed by atoms with Gasteiger partial charge >= 0.3 is 0 Å². The molecule has 2 amide bonds. The monoisotopic (exact) mass is 452 g/mol. The van der Waals surface area contributed by atoms with Crippen molar-refractivity contribution in [3.63, 3.8) is 0 Å². The predicted molar refractivity (Wildman–Crippen MR) is 118 cm³/mol. The second-order valence-corrected chi connectivity index (χ2v) is 8.28. The van der Waals surface area contributed by atoms with Gasteiger partial charge in [0, 0.05) is 18.7 Å². The average Bonchev–Trinajstić information content (AvgIpc) is 2.92. The second kappa shape index (κ2) is 8.96. The zero-order valence-electron chi connectivity index (χ0n) is 14.3. The number of anilines is 1. The van der Waals surface area contributed by atoms with Crippen molar-refractivity contribution >= 4 is 75.1 Å². The van der Waals surface area contributed by atoms with E-state index in [9.17, 15) is 14.7 Å². The Hall–Kier alpha value is -2.06. The van der Waals surface area contributed by atoms with Crippen LogP contribution in [0.1, 0.15) is 12.0 Å². The Kier molecular flexibility index (Phi) is 6.61. The molecule has 0 spiro atoms. The highest BCUT2D eigenvalue weighted by molar-refractivity contribution is 8.26. The number of nitrogens with one attached hydrogen (secondary N) is 1. The molecule has 28 heavy (non-hydrogen) atoms. The van der Waals surface area contributed by atoms with Gasteiger partial charge in [-0.3, -0.25) is 14.5 Å². The van der Waals surface area contributed by atoms with Gasteiger partial charge in [-0.05, 0) is 42.0 Å². The molecule has 0 aromatic heterocycles. The van der Waals surface area contributed by atoms with Crippen LogP contribution in [-0.4, -0.2) is 32.7 Å². The number of thioether (sulfide) groups is 1. The minimum absolute atomic E-state index is 0.0819. The minimum atomic E-state index is -0.275. The smallest absolute Gasteiger partial charge is 0.266 e. The molecule has 1 heterocycles. The van der Waals surface area contributed by atoms with Gasteiger partial charge in [-0.1, -0.05) is 59.3 Å². The van der Waals surface area contributed by atoms with Gasteiger partial charge in [0.2, 0.25) is 5.91 Å². The number of hydrogen-bond donors (Lipinski definition) is 2. The van der Waals surface area contributed by atoms with Crippen molar-refractivity contribution in [2.45, 2.75) is 6.42 Å². The maximum absolute atomic E-state index is 12.6. The normalized spacial score (nSPS) is 15.4. The van der Waals surface area contributed by atoms with E-state index >= 15 is 0 Å². The summed E-state index contributed by atoms with van der Waals surface area (Å²) in [6, 6.07) is 11.3. The molecule has 3 rings (SSSR count). The summed E-state index contributed by atoms with van der Waals surface area (Å²) >= 11 is 18.6. The predicted octanol–water partition coefficient (Wildman–Crippen LogP) is 4.93. The molecule has 2 aromatic rings. The zero-order valence-corrected chi connectivity index (χ0v) is 17.5. The van der Waals surface area contributed by atoms with Gasteiger partial charge in [-0.25, -0.2) is 0 Å². The summed E-state index contributed by atoms with van der Waals surface area (Å²) in [5.41, 5.74) is 1.18. The SMILES string of the molecule is O=C(CCN1C(=O)/C(=C/c2cccc(Cl)c2Cl)SC1=S)Nc1ccc(O)cc1. The summed E-state index contributed by atoms with van der Waals surface area (Å²) in [5, 5.41) is 12.7. The number of phenols is 1. The molecule has 1 saturated heterocycles. The molecule has 2 aromatic carbocycles. The van der Waals surface area contributed by atoms with E-state index in [1.54, 1.807) is 36.4 Å². The third kappa shape index (κ3) is 4.86. The Bertz CT molecular complexity index is 978. The lowest BCUT2D eigenvalue weighted by atomic mass is 10.2. The molecule has 1 fully saturated rings. The third-order valence-corrected chi connectivity index (χ3v) is 6.07. The fourth-order valence-corrected chi connectivity index (χ4v) is 4.11. The third-order valence-electron chi connectivity index (χ3n) is 3.86. The summed E-state index contributed by atoms with van der Waals surface area (Å²) < 4.78 is 0.381. The number of benzene rings is 2. The van der Waals surface area contributed by atoms with Crippen molar-refractivity contribution in [2.75, 3.05) is 11.9 Å². The van der Waals surface area contributed by atoms with E-state index in [0.717, 1.165) is 11.8 Å². The largest absolute Gasteiger partial charge is 0.508 e. The van der Waals surface area contributed by atoms with E-state index in [1.807, 2.05) is 0 Å². The van der Waals surface area contributed by atoms with Crippen molar-refractivity contribution < 1.29 is 14.7 Å². The summed E-state index contributed by atoms with van der Waals surface area (Å²) in [7, 11) is 0. The van der Waals surface area contributed by atoms with E-state index in [2.05, 4.69) is 5.32 Å². The lowest BCUT2D eigenvalue weighted by Gasteiger charge is -2.14. The number of thiocarbonyl (C=S) groups is 1. The van der Waals surface area contributed by atoms with E-state index < -0.39 is 0 Å². The average molecular weight is 453 g/mol. The van der Waals surface area contributed by atoms with Crippen LogP contribution >= 0.6 is 47.2 Å². The lowest BCUT2D eigenvalue weighted by molar-refractivity contribution is -0.122. The minimum Gasteiger partial charge on any atom is -0.508 e. The summed E-state index contributed by atoms with van der Waals surface area (Å²) in [6.45, 7) is 0.162. The van der Waals surface area contributed by atoms with Crippen molar-refractivity contribution in [2.24, 2.45) is 0 Å². The molecule has 0 aliphatic carbocycles. The van der Waals surface area contributed by atoms with Gasteiger partial charge in [0.25, 0.3) is 5.91 Å². The van der Waals surface area contributed by atoms with Crippen LogP contribution < -0.4 is 5.32 Å². The Morgan fingerprint density at radius 2 is 1.93 bits per heavy atom. The van der Waals surface area contributed by atoms with Crippen LogP contribution in [0.3, 0.4) is 0 Å². The van der Waals surface area contributed by atoms with E-state index in [4.69, 9.17) is 35.4 Å². The first-order valence-corrected chi connectivity index (χ1v) is 10.1. The highest BCUT2D eigenvalue weighted by atomic mass is 35.5. The van der Waals surface area contributed by atoms with Crippen LogP contribution in [0.2, 0.25) is 10.0 Å². The molecular formula is C19H14Cl2N2O3S2. The number of carbonyl (C=O) groups is 2. The van der Waals surface area contributed by atoms with Gasteiger partial charge in [-0.2, -0.15) is 0 Å². The van der Waals surface area contributed by atoms with Crippen LogP contribution in [0.15, 0.2) is 47.4 Å². The van der Waals surface area contributed by atoms with Crippen molar-refractivity contribution in [1.29, 1.82) is 0 Å². The maximum atomic E-state index is 12.6. The molecule has 144 valence electrons. The molecular weight excluding hydrogens is 439 g/mol. The van der Waals surface area contributed by atoms with Crippen molar-refractivity contribution in [3.8, 4) is 5.75 Å². The first-order chi connectivity index (χ1) is 13.3. The number of nitrogens with zero attached hydrogens (tertiary/aromatic N) is 1. The molecule has 0 atom stereocenters. The topological polar surface area (TPSA) is 69.6 Å². The molecule has 0 radical (unpaired) electrons. The Morgan fingerprint density at radius 3 is 2.64 bits per heavy atom. The molecule has 1 aliphatic rings. The van der Waals surface area contributed by atoms with Crippen molar-refractivity contribution in [1.82, 2.24) is 4.90 Å². The molecule has 0 unspecified atom stereocenters. The first kappa shape index (κ1) is 20.7. The van der Waals surface area contributed by atoms with E-state index in [0.29, 0.717) is 30.5 Å². The van der Waals surface area contributed by atoms with Gasteiger partial charge < -0.3 is 10.4 Å². The number of aromatic hydroxyl groups is 1. The molecule has 5 nitrogen and oxygen atoms in total. The number of carbonyl (C=O) groups excluding carboxylic acids is 2. The van der Waals surface area contributed by atoms with E-state index in [1.165, 1.54) is 17.0 Å². The Balaban J connectivity index is 1.63. The Morgan fingerprint density at radius 1 is 1.21 bits per heavy atom. The van der Waals surface area contributed by atoms with Crippen LogP contribution in [-0.2, 0) is 9.59 Å². The number of halogens is 2. The highest BCUT2D eigenvalue weighted by Gasteiger charge is 2.32. The van der Waals surface area contributed by atoms with Gasteiger partial charge in [-0.15, -0.1) is 0 Å². The fourth-order valence-electron chi connectivity index (χ4n) is 2.45. The second-order valence-electron chi connectivity index (χ2n) is 5.82. The molecule has 1 aliphatic heterocycles. The quantitative estimate of drug-likeness (QED) is 0.382. The summed E-state index contributed by atoms with van der Waals surface area (Å²) in [4.78, 5) is 26.6. The number of hydrogen-bond acceptors (Lipinski definition) is 5. The fraction of sp³-hybridized carbons (Fsp3) is 0.105. The zero-order chi connectivity index (χ0) is 20.3. The summed E-state index contributed by atoms with van der Waals surface area (Å²) in [6.07, 6.45) is 1.72. The van der Waals surface area contributed by atoms with E-state index in [-0.39, 0.29) is 30.5 Å².